The molecule has 4 rings (SSSR count). The Balaban J connectivity index is 1.64. The van der Waals surface area contributed by atoms with Crippen molar-refractivity contribution in [1.29, 1.82) is 0 Å². The van der Waals surface area contributed by atoms with Gasteiger partial charge in [-0.25, -0.2) is 4.79 Å². The third-order valence-electron chi connectivity index (χ3n) is 6.63. The average molecular weight is 462 g/mol. The minimum absolute atomic E-state index is 0.179. The van der Waals surface area contributed by atoms with Gasteiger partial charge in [0.1, 0.15) is 0 Å². The maximum absolute atomic E-state index is 12.1. The van der Waals surface area contributed by atoms with Gasteiger partial charge in [-0.1, -0.05) is 18.2 Å². The van der Waals surface area contributed by atoms with Crippen molar-refractivity contribution in [2.45, 2.75) is 57.5 Å². The van der Waals surface area contributed by atoms with Gasteiger partial charge in [0.25, 0.3) is 0 Å². The van der Waals surface area contributed by atoms with E-state index >= 15 is 0 Å². The van der Waals surface area contributed by atoms with E-state index in [2.05, 4.69) is 52.0 Å². The Bertz CT molecular complexity index is 1010. The SMILES string of the molecule is CCNC(=O)NC1=CC(C(Cc2ccncc2)c2ccc(OC)c(OC3CCCC3)c2)CC=C1. The summed E-state index contributed by atoms with van der Waals surface area (Å²) in [6.07, 6.45) is 16.6. The molecule has 2 aromatic rings. The van der Waals surface area contributed by atoms with E-state index in [4.69, 9.17) is 9.47 Å². The van der Waals surface area contributed by atoms with E-state index < -0.39 is 0 Å². The number of benzene rings is 1. The summed E-state index contributed by atoms with van der Waals surface area (Å²) in [5, 5.41) is 5.77. The van der Waals surface area contributed by atoms with Crippen LogP contribution in [0.4, 0.5) is 4.79 Å². The lowest BCUT2D eigenvalue weighted by atomic mass is 9.78. The molecule has 2 aliphatic rings. The molecule has 1 aromatic heterocycles. The highest BCUT2D eigenvalue weighted by molar-refractivity contribution is 5.76. The molecule has 2 amide bonds. The lowest BCUT2D eigenvalue weighted by molar-refractivity contribution is 0.200. The second-order valence-electron chi connectivity index (χ2n) is 9.01. The van der Waals surface area contributed by atoms with Gasteiger partial charge >= 0.3 is 6.03 Å². The second-order valence-corrected chi connectivity index (χ2v) is 9.01. The number of allylic oxidation sites excluding steroid dienone is 3. The maximum atomic E-state index is 12.1. The number of hydrogen-bond donors (Lipinski definition) is 2. The molecule has 1 saturated carbocycles. The normalized spacial score (nSPS) is 18.8. The highest BCUT2D eigenvalue weighted by Gasteiger charge is 2.26. The van der Waals surface area contributed by atoms with E-state index in [9.17, 15) is 4.79 Å². The number of hydrogen-bond acceptors (Lipinski definition) is 4. The summed E-state index contributed by atoms with van der Waals surface area (Å²) in [7, 11) is 1.69. The summed E-state index contributed by atoms with van der Waals surface area (Å²) in [6, 6.07) is 10.3. The number of urea groups is 1. The number of ether oxygens (including phenoxy) is 2. The van der Waals surface area contributed by atoms with Crippen molar-refractivity contribution < 1.29 is 14.3 Å². The van der Waals surface area contributed by atoms with Crippen LogP contribution in [-0.2, 0) is 6.42 Å². The number of carbonyl (C=O) groups excluding carboxylic acids is 1. The summed E-state index contributed by atoms with van der Waals surface area (Å²) in [6.45, 7) is 2.50. The minimum atomic E-state index is -0.179. The van der Waals surface area contributed by atoms with Crippen LogP contribution in [0, 0.1) is 5.92 Å². The summed E-state index contributed by atoms with van der Waals surface area (Å²) in [4.78, 5) is 16.3. The fraction of sp³-hybridized carbons (Fsp3) is 0.429. The molecule has 2 aliphatic carbocycles. The number of pyridine rings is 1. The third kappa shape index (κ3) is 6.19. The molecule has 0 spiro atoms. The van der Waals surface area contributed by atoms with Crippen LogP contribution >= 0.6 is 0 Å². The van der Waals surface area contributed by atoms with Gasteiger partial charge in [-0.3, -0.25) is 4.98 Å². The van der Waals surface area contributed by atoms with Gasteiger partial charge in [-0.15, -0.1) is 0 Å². The molecule has 1 aromatic carbocycles. The van der Waals surface area contributed by atoms with Crippen LogP contribution in [-0.4, -0.2) is 30.8 Å². The first-order valence-corrected chi connectivity index (χ1v) is 12.3. The van der Waals surface area contributed by atoms with Crippen molar-refractivity contribution in [2.75, 3.05) is 13.7 Å². The number of methoxy groups -OCH3 is 1. The molecule has 34 heavy (non-hydrogen) atoms. The zero-order valence-electron chi connectivity index (χ0n) is 20.1. The predicted octanol–water partition coefficient (Wildman–Crippen LogP) is 5.52. The number of nitrogens with one attached hydrogen (secondary N) is 2. The monoisotopic (exact) mass is 461 g/mol. The van der Waals surface area contributed by atoms with E-state index in [1.165, 1.54) is 24.0 Å². The van der Waals surface area contributed by atoms with Crippen molar-refractivity contribution in [3.05, 3.63) is 77.8 Å². The van der Waals surface area contributed by atoms with Crippen molar-refractivity contribution in [2.24, 2.45) is 5.92 Å². The Kier molecular flexibility index (Phi) is 8.23. The van der Waals surface area contributed by atoms with Gasteiger partial charge in [0.05, 0.1) is 13.2 Å². The van der Waals surface area contributed by atoms with Crippen LogP contribution in [0.3, 0.4) is 0 Å². The summed E-state index contributed by atoms with van der Waals surface area (Å²) < 4.78 is 12.0. The molecule has 2 unspecified atom stereocenters. The molecule has 0 saturated heterocycles. The van der Waals surface area contributed by atoms with E-state index in [0.29, 0.717) is 6.54 Å². The second kappa shape index (κ2) is 11.7. The first-order valence-electron chi connectivity index (χ1n) is 12.3. The van der Waals surface area contributed by atoms with Crippen LogP contribution in [0.5, 0.6) is 11.5 Å². The molecule has 6 heteroatoms. The van der Waals surface area contributed by atoms with Gasteiger partial charge in [-0.05, 0) is 98.8 Å². The maximum Gasteiger partial charge on any atom is 0.319 e. The van der Waals surface area contributed by atoms with E-state index in [0.717, 1.165) is 42.9 Å². The van der Waals surface area contributed by atoms with Crippen LogP contribution < -0.4 is 20.1 Å². The lowest BCUT2D eigenvalue weighted by Crippen LogP contribution is -2.35. The number of nitrogens with zero attached hydrogens (tertiary/aromatic N) is 1. The topological polar surface area (TPSA) is 72.5 Å². The fourth-order valence-electron chi connectivity index (χ4n) is 4.90. The highest BCUT2D eigenvalue weighted by Crippen LogP contribution is 2.39. The van der Waals surface area contributed by atoms with Crippen molar-refractivity contribution in [1.82, 2.24) is 15.6 Å². The van der Waals surface area contributed by atoms with Crippen LogP contribution in [0.25, 0.3) is 0 Å². The average Bonchev–Trinajstić information content (AvgIpc) is 3.36. The molecule has 0 radical (unpaired) electrons. The Morgan fingerprint density at radius 2 is 1.94 bits per heavy atom. The van der Waals surface area contributed by atoms with Gasteiger partial charge in [0.2, 0.25) is 0 Å². The molecule has 2 N–H and O–H groups in total. The van der Waals surface area contributed by atoms with Crippen molar-refractivity contribution in [3.8, 4) is 11.5 Å². The van der Waals surface area contributed by atoms with Gasteiger partial charge < -0.3 is 20.1 Å². The van der Waals surface area contributed by atoms with Gasteiger partial charge in [0, 0.05) is 24.6 Å². The Morgan fingerprint density at radius 3 is 2.68 bits per heavy atom. The van der Waals surface area contributed by atoms with Gasteiger partial charge in [0.15, 0.2) is 11.5 Å². The molecule has 2 atom stereocenters. The molecular formula is C28H35N3O3. The van der Waals surface area contributed by atoms with Crippen molar-refractivity contribution >= 4 is 6.03 Å². The molecule has 0 aliphatic heterocycles. The number of carbonyl (C=O) groups is 1. The zero-order chi connectivity index (χ0) is 23.8. The molecular weight excluding hydrogens is 426 g/mol. The first kappa shape index (κ1) is 23.9. The Labute approximate surface area is 202 Å². The smallest absolute Gasteiger partial charge is 0.319 e. The Morgan fingerprint density at radius 1 is 1.15 bits per heavy atom. The van der Waals surface area contributed by atoms with E-state index in [-0.39, 0.29) is 24.0 Å². The van der Waals surface area contributed by atoms with Crippen molar-refractivity contribution in [3.63, 3.8) is 0 Å². The Hall–Kier alpha value is -3.28. The van der Waals surface area contributed by atoms with Crippen LogP contribution in [0.15, 0.2) is 66.7 Å². The largest absolute Gasteiger partial charge is 0.493 e. The third-order valence-corrected chi connectivity index (χ3v) is 6.63. The quantitative estimate of drug-likeness (QED) is 0.516. The molecule has 6 nitrogen and oxygen atoms in total. The standard InChI is InChI=1S/C28H35N3O3/c1-3-30-28(32)31-23-8-6-7-21(18-23)25(17-20-13-15-29-16-14-20)22-11-12-26(33-2)27(19-22)34-24-9-4-5-10-24/h6,8,11-16,18-19,21,24-25H,3-5,7,9-10,17H2,1-2H3,(H2,30,31,32). The predicted molar refractivity (Wildman–Crippen MR) is 134 cm³/mol. The van der Waals surface area contributed by atoms with E-state index in [1.54, 1.807) is 7.11 Å². The number of rotatable bonds is 9. The number of aromatic nitrogens is 1. The van der Waals surface area contributed by atoms with Crippen LogP contribution in [0.1, 0.15) is 56.1 Å². The molecule has 1 heterocycles. The zero-order valence-corrected chi connectivity index (χ0v) is 20.1. The molecule has 0 bridgehead atoms. The van der Waals surface area contributed by atoms with Crippen LogP contribution in [0.2, 0.25) is 0 Å². The summed E-state index contributed by atoms with van der Waals surface area (Å²) in [5.74, 6) is 2.02. The first-order chi connectivity index (χ1) is 16.7. The number of amides is 2. The van der Waals surface area contributed by atoms with Gasteiger partial charge in [-0.2, -0.15) is 0 Å². The highest BCUT2D eigenvalue weighted by atomic mass is 16.5. The molecule has 1 fully saturated rings. The summed E-state index contributed by atoms with van der Waals surface area (Å²) in [5.41, 5.74) is 3.27. The van der Waals surface area contributed by atoms with E-state index in [1.807, 2.05) is 31.5 Å². The summed E-state index contributed by atoms with van der Waals surface area (Å²) >= 11 is 0. The lowest BCUT2D eigenvalue weighted by Gasteiger charge is -2.28. The minimum Gasteiger partial charge on any atom is -0.493 e. The molecule has 180 valence electrons. The fourth-order valence-corrected chi connectivity index (χ4v) is 4.90.